The lowest BCUT2D eigenvalue weighted by atomic mass is 10.0. The number of nitriles is 1. The lowest BCUT2D eigenvalue weighted by molar-refractivity contribution is -0.122. The van der Waals surface area contributed by atoms with E-state index >= 15 is 0 Å². The standard InChI is InChI=1S/C30H37N5O2S2/c1-5-6-12-34-27(33-15-13-32(14-16-33)20-23-10-8-7-9-11-23)24(22(4)25(18-31)28(34)36)17-26-29(37)35(19-21(2)3)30(38)39-26/h7-11,17,21H,5-6,12-16,19-20H2,1-4H3/b26-17+. The maximum absolute atomic E-state index is 13.6. The average Bonchev–Trinajstić information content (AvgIpc) is 3.18. The summed E-state index contributed by atoms with van der Waals surface area (Å²) in [5.41, 5.74) is 2.55. The Kier molecular flexibility index (Phi) is 9.65. The monoisotopic (exact) mass is 563 g/mol. The van der Waals surface area contributed by atoms with Crippen molar-refractivity contribution < 1.29 is 4.79 Å². The molecule has 2 fully saturated rings. The van der Waals surface area contributed by atoms with Gasteiger partial charge in [-0.1, -0.05) is 81.5 Å². The van der Waals surface area contributed by atoms with Gasteiger partial charge >= 0.3 is 0 Å². The van der Waals surface area contributed by atoms with Crippen LogP contribution >= 0.6 is 24.0 Å². The zero-order valence-corrected chi connectivity index (χ0v) is 24.9. The Hall–Kier alpha value is -2.93. The summed E-state index contributed by atoms with van der Waals surface area (Å²) in [6, 6.07) is 12.6. The van der Waals surface area contributed by atoms with Gasteiger partial charge in [0.15, 0.2) is 0 Å². The highest BCUT2D eigenvalue weighted by molar-refractivity contribution is 8.26. The van der Waals surface area contributed by atoms with Crippen molar-refractivity contribution in [1.82, 2.24) is 14.4 Å². The van der Waals surface area contributed by atoms with Gasteiger partial charge in [-0.05, 0) is 36.5 Å². The van der Waals surface area contributed by atoms with Gasteiger partial charge in [0.25, 0.3) is 11.5 Å². The molecule has 0 aliphatic carbocycles. The van der Waals surface area contributed by atoms with Crippen molar-refractivity contribution in [2.75, 3.05) is 37.6 Å². The van der Waals surface area contributed by atoms with E-state index in [1.165, 1.54) is 17.3 Å². The highest BCUT2D eigenvalue weighted by atomic mass is 32.2. The highest BCUT2D eigenvalue weighted by Crippen LogP contribution is 2.36. The summed E-state index contributed by atoms with van der Waals surface area (Å²) >= 11 is 6.84. The summed E-state index contributed by atoms with van der Waals surface area (Å²) in [7, 11) is 0. The molecule has 0 radical (unpaired) electrons. The van der Waals surface area contributed by atoms with E-state index in [0.29, 0.717) is 27.9 Å². The maximum Gasteiger partial charge on any atom is 0.270 e. The molecular formula is C30H37N5O2S2. The fraction of sp³-hybridized carbons (Fsp3) is 0.467. The second-order valence-electron chi connectivity index (χ2n) is 10.6. The number of nitrogens with zero attached hydrogens (tertiary/aromatic N) is 5. The first kappa shape index (κ1) is 29.1. The molecule has 2 saturated heterocycles. The predicted molar refractivity (Wildman–Crippen MR) is 164 cm³/mol. The van der Waals surface area contributed by atoms with Crippen molar-refractivity contribution in [2.24, 2.45) is 5.92 Å². The molecule has 2 aromatic rings. The van der Waals surface area contributed by atoms with E-state index in [1.54, 1.807) is 9.47 Å². The van der Waals surface area contributed by atoms with E-state index in [0.717, 1.165) is 56.9 Å². The summed E-state index contributed by atoms with van der Waals surface area (Å²) in [4.78, 5) is 33.8. The smallest absolute Gasteiger partial charge is 0.270 e. The summed E-state index contributed by atoms with van der Waals surface area (Å²) in [6.45, 7) is 13.2. The summed E-state index contributed by atoms with van der Waals surface area (Å²) in [6.07, 6.45) is 3.61. The number of thiocarbonyl (C=S) groups is 1. The first-order valence-electron chi connectivity index (χ1n) is 13.7. The molecule has 0 atom stereocenters. The zero-order valence-electron chi connectivity index (χ0n) is 23.3. The Morgan fingerprint density at radius 1 is 1.13 bits per heavy atom. The second-order valence-corrected chi connectivity index (χ2v) is 12.3. The number of aromatic nitrogens is 1. The average molecular weight is 564 g/mol. The Balaban J connectivity index is 1.74. The van der Waals surface area contributed by atoms with Crippen LogP contribution < -0.4 is 10.5 Å². The third-order valence-corrected chi connectivity index (χ3v) is 8.58. The minimum absolute atomic E-state index is 0.110. The largest absolute Gasteiger partial charge is 0.355 e. The number of carbonyl (C=O) groups excluding carboxylic acids is 1. The summed E-state index contributed by atoms with van der Waals surface area (Å²) < 4.78 is 2.32. The fourth-order valence-corrected chi connectivity index (χ4v) is 6.38. The van der Waals surface area contributed by atoms with Crippen molar-refractivity contribution in [3.05, 3.63) is 67.8 Å². The summed E-state index contributed by atoms with van der Waals surface area (Å²) in [5, 5.41) is 9.94. The first-order valence-corrected chi connectivity index (χ1v) is 14.9. The van der Waals surface area contributed by atoms with Crippen molar-refractivity contribution >= 4 is 46.1 Å². The quantitative estimate of drug-likeness (QED) is 0.314. The number of rotatable bonds is 9. The molecule has 206 valence electrons. The van der Waals surface area contributed by atoms with Gasteiger partial charge in [-0.3, -0.25) is 24.0 Å². The lowest BCUT2D eigenvalue weighted by Crippen LogP contribution is -2.48. The molecule has 2 aliphatic heterocycles. The van der Waals surface area contributed by atoms with E-state index in [-0.39, 0.29) is 22.9 Å². The Morgan fingerprint density at radius 2 is 1.82 bits per heavy atom. The molecule has 0 bridgehead atoms. The first-order chi connectivity index (χ1) is 18.7. The van der Waals surface area contributed by atoms with Gasteiger partial charge in [-0.25, -0.2) is 0 Å². The van der Waals surface area contributed by atoms with Gasteiger partial charge in [0.1, 0.15) is 21.8 Å². The molecule has 0 unspecified atom stereocenters. The topological polar surface area (TPSA) is 72.6 Å². The fourth-order valence-electron chi connectivity index (χ4n) is 5.12. The van der Waals surface area contributed by atoms with Crippen LogP contribution in [0.15, 0.2) is 40.0 Å². The number of benzene rings is 1. The van der Waals surface area contributed by atoms with Crippen LogP contribution in [0.2, 0.25) is 0 Å². The molecule has 2 aliphatic rings. The number of hydrogen-bond donors (Lipinski definition) is 0. The van der Waals surface area contributed by atoms with Crippen LogP contribution in [0.25, 0.3) is 6.08 Å². The SMILES string of the molecule is CCCCn1c(N2CCN(Cc3ccccc3)CC2)c(/C=C2/SC(=S)N(CC(C)C)C2=O)c(C)c(C#N)c1=O. The Labute approximate surface area is 241 Å². The number of hydrogen-bond acceptors (Lipinski definition) is 7. The van der Waals surface area contributed by atoms with Gasteiger partial charge in [-0.15, -0.1) is 0 Å². The summed E-state index contributed by atoms with van der Waals surface area (Å²) in [5.74, 6) is 0.984. The van der Waals surface area contributed by atoms with Crippen LogP contribution in [0.4, 0.5) is 5.82 Å². The number of unbranched alkanes of at least 4 members (excludes halogenated alkanes) is 1. The van der Waals surface area contributed by atoms with Crippen molar-refractivity contribution in [3.63, 3.8) is 0 Å². The van der Waals surface area contributed by atoms with Crippen LogP contribution in [0.5, 0.6) is 0 Å². The number of thioether (sulfide) groups is 1. The zero-order chi connectivity index (χ0) is 28.1. The van der Waals surface area contributed by atoms with Crippen LogP contribution in [-0.2, 0) is 17.9 Å². The lowest BCUT2D eigenvalue weighted by Gasteiger charge is -2.38. The van der Waals surface area contributed by atoms with Crippen LogP contribution in [0, 0.1) is 24.2 Å². The number of piperazine rings is 1. The molecule has 1 aromatic carbocycles. The number of anilines is 1. The number of pyridine rings is 1. The highest BCUT2D eigenvalue weighted by Gasteiger charge is 2.34. The van der Waals surface area contributed by atoms with E-state index in [4.69, 9.17) is 12.2 Å². The van der Waals surface area contributed by atoms with Gasteiger partial charge in [-0.2, -0.15) is 5.26 Å². The molecule has 0 spiro atoms. The minimum atomic E-state index is -0.255. The van der Waals surface area contributed by atoms with E-state index < -0.39 is 0 Å². The minimum Gasteiger partial charge on any atom is -0.355 e. The van der Waals surface area contributed by atoms with Crippen molar-refractivity contribution in [1.29, 1.82) is 5.26 Å². The van der Waals surface area contributed by atoms with Crippen molar-refractivity contribution in [2.45, 2.75) is 53.6 Å². The van der Waals surface area contributed by atoms with Gasteiger partial charge in [0.05, 0.1) is 4.91 Å². The molecule has 1 aromatic heterocycles. The molecule has 0 saturated carbocycles. The maximum atomic E-state index is 13.6. The normalized spacial score (nSPS) is 17.5. The molecule has 3 heterocycles. The predicted octanol–water partition coefficient (Wildman–Crippen LogP) is 5.01. The van der Waals surface area contributed by atoms with Gasteiger partial charge < -0.3 is 4.90 Å². The molecule has 0 N–H and O–H groups in total. The molecule has 1 amide bonds. The number of carbonyl (C=O) groups is 1. The van der Waals surface area contributed by atoms with E-state index in [9.17, 15) is 14.9 Å². The molecule has 39 heavy (non-hydrogen) atoms. The number of amides is 1. The Bertz CT molecular complexity index is 1350. The van der Waals surface area contributed by atoms with Gasteiger partial charge in [0, 0.05) is 51.4 Å². The molecule has 4 rings (SSSR count). The molecule has 9 heteroatoms. The second kappa shape index (κ2) is 12.9. The molecular weight excluding hydrogens is 526 g/mol. The van der Waals surface area contributed by atoms with E-state index in [2.05, 4.69) is 60.9 Å². The van der Waals surface area contributed by atoms with Crippen LogP contribution in [-0.4, -0.2) is 57.3 Å². The van der Waals surface area contributed by atoms with Crippen LogP contribution in [0.1, 0.15) is 55.9 Å². The van der Waals surface area contributed by atoms with Crippen LogP contribution in [0.3, 0.4) is 0 Å². The molecule has 7 nitrogen and oxygen atoms in total. The van der Waals surface area contributed by atoms with Crippen molar-refractivity contribution in [3.8, 4) is 6.07 Å². The third-order valence-electron chi connectivity index (χ3n) is 7.20. The van der Waals surface area contributed by atoms with E-state index in [1.807, 2.05) is 19.1 Å². The van der Waals surface area contributed by atoms with Gasteiger partial charge in [0.2, 0.25) is 0 Å². The Morgan fingerprint density at radius 3 is 2.44 bits per heavy atom. The third kappa shape index (κ3) is 6.46.